The third-order valence-corrected chi connectivity index (χ3v) is 6.16. The van der Waals surface area contributed by atoms with Crippen molar-refractivity contribution in [3.8, 4) is 22.6 Å². The molecule has 170 valence electrons. The summed E-state index contributed by atoms with van der Waals surface area (Å²) >= 11 is 12.2. The molecule has 34 heavy (non-hydrogen) atoms. The molecule has 0 saturated heterocycles. The third kappa shape index (κ3) is 4.04. The van der Waals surface area contributed by atoms with E-state index in [4.69, 9.17) is 27.7 Å². The van der Waals surface area contributed by atoms with Gasteiger partial charge in [0.05, 0.1) is 16.1 Å². The number of pyridine rings is 2. The van der Waals surface area contributed by atoms with Gasteiger partial charge in [-0.05, 0) is 72.6 Å². The summed E-state index contributed by atoms with van der Waals surface area (Å²) in [6.45, 7) is 3.87. The number of hydrogen-bond donors (Lipinski definition) is 1. The van der Waals surface area contributed by atoms with Crippen molar-refractivity contribution >= 4 is 45.7 Å². The highest BCUT2D eigenvalue weighted by Gasteiger charge is 2.15. The maximum absolute atomic E-state index is 13.2. The van der Waals surface area contributed by atoms with Crippen LogP contribution in [0.25, 0.3) is 33.5 Å². The number of rotatable bonds is 4. The van der Waals surface area contributed by atoms with E-state index in [9.17, 15) is 4.79 Å². The average molecular weight is 492 g/mol. The number of aryl methyl sites for hydroxylation is 3. The number of halogens is 2. The molecule has 1 N–H and O–H groups in total. The molecule has 5 aromatic rings. The zero-order valence-corrected chi connectivity index (χ0v) is 20.1. The molecule has 0 saturated carbocycles. The summed E-state index contributed by atoms with van der Waals surface area (Å²) in [5.41, 5.74) is 5.26. The Balaban J connectivity index is 1.51. The molecule has 9 heteroatoms. The van der Waals surface area contributed by atoms with Gasteiger partial charge in [-0.2, -0.15) is 4.98 Å². The van der Waals surface area contributed by atoms with Gasteiger partial charge in [0.15, 0.2) is 0 Å². The first-order valence-corrected chi connectivity index (χ1v) is 11.2. The molecule has 0 aliphatic rings. The van der Waals surface area contributed by atoms with Crippen LogP contribution in [0, 0.1) is 13.8 Å². The maximum atomic E-state index is 13.2. The predicted octanol–water partition coefficient (Wildman–Crippen LogP) is 6.32. The van der Waals surface area contributed by atoms with Gasteiger partial charge in [-0.25, -0.2) is 0 Å². The van der Waals surface area contributed by atoms with E-state index >= 15 is 0 Å². The van der Waals surface area contributed by atoms with Crippen LogP contribution in [-0.4, -0.2) is 19.7 Å². The minimum absolute atomic E-state index is 0.0856. The zero-order chi connectivity index (χ0) is 24.0. The van der Waals surface area contributed by atoms with Gasteiger partial charge >= 0.3 is 0 Å². The lowest BCUT2D eigenvalue weighted by molar-refractivity contribution is 0.433. The molecule has 0 radical (unpaired) electrons. The molecule has 0 spiro atoms. The predicted molar refractivity (Wildman–Crippen MR) is 135 cm³/mol. The van der Waals surface area contributed by atoms with E-state index in [0.29, 0.717) is 26.9 Å². The molecule has 0 atom stereocenters. The molecule has 5 rings (SSSR count). The van der Waals surface area contributed by atoms with E-state index in [1.54, 1.807) is 36.0 Å². The summed E-state index contributed by atoms with van der Waals surface area (Å²) in [6, 6.07) is 14.5. The summed E-state index contributed by atoms with van der Waals surface area (Å²) in [5, 5.41) is 8.95. The molecule has 0 aliphatic heterocycles. The highest BCUT2D eigenvalue weighted by Crippen LogP contribution is 2.31. The Morgan fingerprint density at radius 1 is 0.971 bits per heavy atom. The molecular formula is C25H19Cl2N5O2. The Labute approximate surface area is 205 Å². The normalized spacial score (nSPS) is 11.2. The van der Waals surface area contributed by atoms with Crippen LogP contribution in [0.2, 0.25) is 10.0 Å². The minimum Gasteiger partial charge on any atom is -0.332 e. The van der Waals surface area contributed by atoms with Crippen LogP contribution in [0.1, 0.15) is 11.3 Å². The first-order chi connectivity index (χ1) is 16.3. The quantitative estimate of drug-likeness (QED) is 0.316. The number of nitrogens with one attached hydrogen (secondary N) is 1. The van der Waals surface area contributed by atoms with Crippen molar-refractivity contribution in [3.63, 3.8) is 0 Å². The van der Waals surface area contributed by atoms with Crippen molar-refractivity contribution in [1.82, 2.24) is 19.7 Å². The number of benzene rings is 2. The van der Waals surface area contributed by atoms with Crippen molar-refractivity contribution in [2.24, 2.45) is 7.05 Å². The molecular weight excluding hydrogens is 473 g/mol. The highest BCUT2D eigenvalue weighted by atomic mass is 35.5. The van der Waals surface area contributed by atoms with Crippen LogP contribution in [0.3, 0.4) is 0 Å². The Kier molecular flexibility index (Phi) is 5.59. The molecule has 7 nitrogen and oxygen atoms in total. The van der Waals surface area contributed by atoms with Crippen LogP contribution >= 0.6 is 23.2 Å². The minimum atomic E-state index is -0.0856. The van der Waals surface area contributed by atoms with Crippen LogP contribution in [0.5, 0.6) is 0 Å². The first kappa shape index (κ1) is 22.1. The second-order valence-electron chi connectivity index (χ2n) is 8.01. The van der Waals surface area contributed by atoms with E-state index in [-0.39, 0.29) is 17.4 Å². The van der Waals surface area contributed by atoms with Crippen LogP contribution in [-0.2, 0) is 7.05 Å². The fraction of sp³-hybridized carbons (Fsp3) is 0.120. The van der Waals surface area contributed by atoms with Crippen molar-refractivity contribution in [2.75, 3.05) is 5.32 Å². The van der Waals surface area contributed by atoms with E-state index < -0.39 is 0 Å². The smallest absolute Gasteiger partial charge is 0.268 e. The van der Waals surface area contributed by atoms with Crippen molar-refractivity contribution in [2.45, 2.75) is 13.8 Å². The summed E-state index contributed by atoms with van der Waals surface area (Å²) in [7, 11) is 1.77. The van der Waals surface area contributed by atoms with E-state index in [2.05, 4.69) is 20.4 Å². The number of aromatic nitrogens is 4. The van der Waals surface area contributed by atoms with Crippen LogP contribution in [0.4, 0.5) is 11.6 Å². The van der Waals surface area contributed by atoms with Gasteiger partial charge in [0.2, 0.25) is 0 Å². The first-order valence-electron chi connectivity index (χ1n) is 10.4. The average Bonchev–Trinajstić information content (AvgIpc) is 3.26. The van der Waals surface area contributed by atoms with Gasteiger partial charge in [-0.1, -0.05) is 29.3 Å². The monoisotopic (exact) mass is 491 g/mol. The molecule has 2 aromatic carbocycles. The lowest BCUT2D eigenvalue weighted by atomic mass is 9.99. The lowest BCUT2D eigenvalue weighted by Crippen LogP contribution is -2.19. The molecule has 0 unspecified atom stereocenters. The largest absolute Gasteiger partial charge is 0.332 e. The summed E-state index contributed by atoms with van der Waals surface area (Å²) < 4.78 is 7.02. The third-order valence-electron chi connectivity index (χ3n) is 5.62. The highest BCUT2D eigenvalue weighted by molar-refractivity contribution is 6.36. The molecule has 0 bridgehead atoms. The molecule has 0 aliphatic carbocycles. The summed E-state index contributed by atoms with van der Waals surface area (Å²) in [4.78, 5) is 21.9. The van der Waals surface area contributed by atoms with E-state index in [1.807, 2.05) is 44.2 Å². The second kappa shape index (κ2) is 8.59. The van der Waals surface area contributed by atoms with Crippen molar-refractivity contribution < 1.29 is 4.52 Å². The van der Waals surface area contributed by atoms with Gasteiger partial charge in [0.1, 0.15) is 0 Å². The molecule has 3 aromatic heterocycles. The van der Waals surface area contributed by atoms with Crippen LogP contribution < -0.4 is 10.9 Å². The number of hydrogen-bond acceptors (Lipinski definition) is 6. The SMILES string of the molecule is Cc1cc2c(cn1)cc(-c1cc(Nc3noc(-c4ccc(Cl)cc4Cl)n3)ccc1C)c(=O)n2C. The maximum Gasteiger partial charge on any atom is 0.268 e. The number of anilines is 2. The van der Waals surface area contributed by atoms with Gasteiger partial charge in [0.25, 0.3) is 17.4 Å². The zero-order valence-electron chi connectivity index (χ0n) is 18.6. The summed E-state index contributed by atoms with van der Waals surface area (Å²) in [5.74, 6) is 0.532. The molecule has 0 amide bonds. The van der Waals surface area contributed by atoms with Crippen LogP contribution in [0.15, 0.2) is 64.0 Å². The molecule has 3 heterocycles. The Bertz CT molecular complexity index is 1620. The van der Waals surface area contributed by atoms with E-state index in [1.165, 1.54) is 0 Å². The van der Waals surface area contributed by atoms with E-state index in [0.717, 1.165) is 27.7 Å². The second-order valence-corrected chi connectivity index (χ2v) is 8.85. The van der Waals surface area contributed by atoms with Crippen molar-refractivity contribution in [3.05, 3.63) is 86.4 Å². The van der Waals surface area contributed by atoms with Gasteiger partial charge in [-0.15, -0.1) is 0 Å². The number of nitrogens with zero attached hydrogens (tertiary/aromatic N) is 4. The van der Waals surface area contributed by atoms with Gasteiger partial charge in [-0.3, -0.25) is 9.78 Å². The topological polar surface area (TPSA) is 85.8 Å². The van der Waals surface area contributed by atoms with Crippen molar-refractivity contribution in [1.29, 1.82) is 0 Å². The lowest BCUT2D eigenvalue weighted by Gasteiger charge is -2.12. The fourth-order valence-electron chi connectivity index (χ4n) is 3.82. The standard InChI is InChI=1S/C25H19Cl2N5O2/c1-13-4-6-17(29-25-30-23(34-31-25)18-7-5-16(26)10-21(18)27)11-19(13)20-9-15-12-28-14(2)8-22(15)32(3)24(20)33/h4-12H,1-3H3,(H,29,31). The summed E-state index contributed by atoms with van der Waals surface area (Å²) in [6.07, 6.45) is 1.79. The number of fused-ring (bicyclic) bond motifs is 1. The Morgan fingerprint density at radius 3 is 2.59 bits per heavy atom. The van der Waals surface area contributed by atoms with Gasteiger partial charge < -0.3 is 14.4 Å². The Hall–Kier alpha value is -3.68. The Morgan fingerprint density at radius 2 is 1.79 bits per heavy atom. The fourth-order valence-corrected chi connectivity index (χ4v) is 4.31. The van der Waals surface area contributed by atoms with Gasteiger partial charge in [0, 0.05) is 40.6 Å². The molecule has 0 fully saturated rings.